The predicted octanol–water partition coefficient (Wildman–Crippen LogP) is 3.78. The molecule has 3 rings (SSSR count). The van der Waals surface area contributed by atoms with E-state index in [-0.39, 0.29) is 32.7 Å². The molecule has 0 aliphatic heterocycles. The van der Waals surface area contributed by atoms with Crippen LogP contribution in [-0.4, -0.2) is 36.2 Å². The van der Waals surface area contributed by atoms with E-state index in [4.69, 9.17) is 33.7 Å². The summed E-state index contributed by atoms with van der Waals surface area (Å²) < 4.78 is 32.9. The van der Waals surface area contributed by atoms with Crippen LogP contribution >= 0.6 is 35.0 Å². The molecular formula is C18H17Cl2N5O3S2. The van der Waals surface area contributed by atoms with Crippen LogP contribution in [0, 0.1) is 0 Å². The summed E-state index contributed by atoms with van der Waals surface area (Å²) >= 11 is 13.3. The van der Waals surface area contributed by atoms with Gasteiger partial charge in [-0.2, -0.15) is 0 Å². The summed E-state index contributed by atoms with van der Waals surface area (Å²) in [5, 5.41) is 0.555. The molecule has 0 aliphatic rings. The second kappa shape index (κ2) is 9.80. The number of hydrogen-bond donors (Lipinski definition) is 2. The van der Waals surface area contributed by atoms with Crippen molar-refractivity contribution in [1.29, 1.82) is 0 Å². The van der Waals surface area contributed by atoms with Crippen LogP contribution in [0.25, 0.3) is 0 Å². The summed E-state index contributed by atoms with van der Waals surface area (Å²) in [5.41, 5.74) is 7.06. The van der Waals surface area contributed by atoms with Crippen LogP contribution in [0.1, 0.15) is 11.6 Å². The average Bonchev–Trinajstić information content (AvgIpc) is 2.75. The lowest BCUT2D eigenvalue weighted by molar-refractivity contribution is 0.394. The minimum atomic E-state index is -4.06. The van der Waals surface area contributed by atoms with E-state index >= 15 is 0 Å². The fraction of sp³-hybridized carbons (Fsp3) is 0.167. The Morgan fingerprint density at radius 2 is 2.03 bits per heavy atom. The van der Waals surface area contributed by atoms with Crippen LogP contribution in [0.4, 0.5) is 5.82 Å². The van der Waals surface area contributed by atoms with Crippen LogP contribution in [0.2, 0.25) is 10.0 Å². The summed E-state index contributed by atoms with van der Waals surface area (Å²) in [5.74, 6) is 0.457. The summed E-state index contributed by atoms with van der Waals surface area (Å²) in [4.78, 5) is 12.3. The highest BCUT2D eigenvalue weighted by atomic mass is 35.5. The van der Waals surface area contributed by atoms with E-state index in [9.17, 15) is 8.42 Å². The SMILES string of the molecule is COc1nc(SCC(N)c2cccnc2)cnc1NS(=O)(=O)c1cccc(Cl)c1Cl. The van der Waals surface area contributed by atoms with Crippen molar-refractivity contribution in [1.82, 2.24) is 15.0 Å². The maximum atomic E-state index is 12.7. The maximum Gasteiger partial charge on any atom is 0.264 e. The number of thioether (sulfide) groups is 1. The molecule has 3 N–H and O–H groups in total. The molecule has 0 fully saturated rings. The van der Waals surface area contributed by atoms with Crippen molar-refractivity contribution in [3.63, 3.8) is 0 Å². The third-order valence-corrected chi connectivity index (χ3v) is 7.20. The van der Waals surface area contributed by atoms with Gasteiger partial charge < -0.3 is 10.5 Å². The molecule has 0 bridgehead atoms. The van der Waals surface area contributed by atoms with Gasteiger partial charge in [-0.1, -0.05) is 35.3 Å². The van der Waals surface area contributed by atoms with Gasteiger partial charge in [0.15, 0.2) is 0 Å². The molecule has 0 saturated carbocycles. The fourth-order valence-electron chi connectivity index (χ4n) is 2.38. The van der Waals surface area contributed by atoms with Gasteiger partial charge in [0.2, 0.25) is 5.82 Å². The topological polar surface area (TPSA) is 120 Å². The number of nitrogens with one attached hydrogen (secondary N) is 1. The minimum Gasteiger partial charge on any atom is -0.478 e. The van der Waals surface area contributed by atoms with Gasteiger partial charge in [-0.3, -0.25) is 9.71 Å². The molecule has 8 nitrogen and oxygen atoms in total. The standard InChI is InChI=1S/C18H17Cl2N5O3S2/c1-28-18-17(25-30(26,27)14-6-2-5-12(19)16(14)20)23-9-15(24-18)29-10-13(21)11-4-3-7-22-8-11/h2-9,13H,10,21H2,1H3,(H,23,25). The van der Waals surface area contributed by atoms with Crippen LogP contribution < -0.4 is 15.2 Å². The first kappa shape index (κ1) is 22.6. The first-order valence-electron chi connectivity index (χ1n) is 8.48. The van der Waals surface area contributed by atoms with Crippen LogP contribution in [0.15, 0.2) is 58.8 Å². The molecule has 0 spiro atoms. The quantitative estimate of drug-likeness (QED) is 0.462. The van der Waals surface area contributed by atoms with E-state index in [2.05, 4.69) is 19.7 Å². The largest absolute Gasteiger partial charge is 0.478 e. The van der Waals surface area contributed by atoms with E-state index in [0.717, 1.165) is 5.56 Å². The van der Waals surface area contributed by atoms with Crippen molar-refractivity contribution in [2.75, 3.05) is 17.6 Å². The molecule has 2 aromatic heterocycles. The lowest BCUT2D eigenvalue weighted by Crippen LogP contribution is -2.16. The maximum absolute atomic E-state index is 12.7. The Labute approximate surface area is 188 Å². The van der Waals surface area contributed by atoms with Crippen molar-refractivity contribution in [2.45, 2.75) is 16.0 Å². The highest BCUT2D eigenvalue weighted by Crippen LogP contribution is 2.32. The molecule has 158 valence electrons. The second-order valence-electron chi connectivity index (χ2n) is 5.93. The number of hydrogen-bond acceptors (Lipinski definition) is 8. The van der Waals surface area contributed by atoms with Gasteiger partial charge in [-0.05, 0) is 23.8 Å². The number of methoxy groups -OCH3 is 1. The molecule has 1 atom stereocenters. The van der Waals surface area contributed by atoms with Crippen molar-refractivity contribution in [3.05, 3.63) is 64.5 Å². The van der Waals surface area contributed by atoms with Crippen molar-refractivity contribution in [2.24, 2.45) is 5.73 Å². The number of nitrogens with two attached hydrogens (primary N) is 1. The lowest BCUT2D eigenvalue weighted by Gasteiger charge is -2.13. The highest BCUT2D eigenvalue weighted by molar-refractivity contribution is 7.99. The number of rotatable bonds is 8. The zero-order valence-corrected chi connectivity index (χ0v) is 18.8. The number of pyridine rings is 1. The zero-order valence-electron chi connectivity index (χ0n) is 15.6. The molecule has 0 aliphatic carbocycles. The van der Waals surface area contributed by atoms with Crippen LogP contribution in [0.5, 0.6) is 5.88 Å². The van der Waals surface area contributed by atoms with Crippen molar-refractivity contribution >= 4 is 50.8 Å². The Morgan fingerprint density at radius 1 is 1.23 bits per heavy atom. The van der Waals surface area contributed by atoms with Gasteiger partial charge in [0, 0.05) is 24.2 Å². The Balaban J connectivity index is 1.76. The molecule has 3 aromatic rings. The van der Waals surface area contributed by atoms with Gasteiger partial charge in [0.25, 0.3) is 15.9 Å². The second-order valence-corrected chi connectivity index (χ2v) is 9.40. The smallest absolute Gasteiger partial charge is 0.264 e. The number of ether oxygens (including phenoxy) is 1. The van der Waals surface area contributed by atoms with Crippen molar-refractivity contribution in [3.8, 4) is 5.88 Å². The zero-order chi connectivity index (χ0) is 21.7. The Kier molecular flexibility index (Phi) is 7.37. The molecule has 1 unspecified atom stereocenters. The summed E-state index contributed by atoms with van der Waals surface area (Å²) in [7, 11) is -2.69. The molecule has 1 aromatic carbocycles. The molecule has 2 heterocycles. The number of benzene rings is 1. The minimum absolute atomic E-state index is 0.0108. The molecule has 0 radical (unpaired) electrons. The van der Waals surface area contributed by atoms with E-state index in [1.807, 2.05) is 12.1 Å². The van der Waals surface area contributed by atoms with Gasteiger partial charge in [0.1, 0.15) is 9.92 Å². The first-order chi connectivity index (χ1) is 14.3. The highest BCUT2D eigenvalue weighted by Gasteiger charge is 2.23. The average molecular weight is 486 g/mol. The molecule has 0 amide bonds. The third-order valence-electron chi connectivity index (χ3n) is 3.87. The van der Waals surface area contributed by atoms with E-state index in [1.165, 1.54) is 43.3 Å². The Bertz CT molecular complexity index is 1130. The van der Waals surface area contributed by atoms with Gasteiger partial charge in [-0.25, -0.2) is 18.4 Å². The van der Waals surface area contributed by atoms with E-state index < -0.39 is 10.0 Å². The fourth-order valence-corrected chi connectivity index (χ4v) is 4.97. The molecule has 12 heteroatoms. The summed E-state index contributed by atoms with van der Waals surface area (Å²) in [6.45, 7) is 0. The molecule has 0 saturated heterocycles. The van der Waals surface area contributed by atoms with Gasteiger partial charge >= 0.3 is 0 Å². The van der Waals surface area contributed by atoms with Gasteiger partial charge in [-0.15, -0.1) is 11.8 Å². The number of nitrogens with zero attached hydrogens (tertiary/aromatic N) is 3. The Morgan fingerprint density at radius 3 is 2.73 bits per heavy atom. The summed E-state index contributed by atoms with van der Waals surface area (Å²) in [6.07, 6.45) is 4.81. The number of aromatic nitrogens is 3. The van der Waals surface area contributed by atoms with E-state index in [1.54, 1.807) is 12.4 Å². The lowest BCUT2D eigenvalue weighted by atomic mass is 10.2. The monoisotopic (exact) mass is 485 g/mol. The summed E-state index contributed by atoms with van der Waals surface area (Å²) in [6, 6.07) is 7.77. The number of sulfonamides is 1. The van der Waals surface area contributed by atoms with E-state index in [0.29, 0.717) is 10.8 Å². The van der Waals surface area contributed by atoms with Crippen LogP contribution in [0.3, 0.4) is 0 Å². The molecular weight excluding hydrogens is 469 g/mol. The van der Waals surface area contributed by atoms with Gasteiger partial charge in [0.05, 0.1) is 23.4 Å². The predicted molar refractivity (Wildman–Crippen MR) is 118 cm³/mol. The third kappa shape index (κ3) is 5.32. The number of halogens is 2. The Hall–Kier alpha value is -2.11. The van der Waals surface area contributed by atoms with Crippen LogP contribution in [-0.2, 0) is 10.0 Å². The number of anilines is 1. The normalized spacial score (nSPS) is 12.4. The van der Waals surface area contributed by atoms with Crippen molar-refractivity contribution < 1.29 is 13.2 Å². The molecule has 30 heavy (non-hydrogen) atoms. The first-order valence-corrected chi connectivity index (χ1v) is 11.7.